The van der Waals surface area contributed by atoms with Crippen molar-refractivity contribution in [1.82, 2.24) is 0 Å². The molecule has 0 spiro atoms. The van der Waals surface area contributed by atoms with Gasteiger partial charge in [0.1, 0.15) is 18.2 Å². The maximum atomic E-state index is 13.7. The topological polar surface area (TPSA) is 52.6 Å². The van der Waals surface area contributed by atoms with Crippen molar-refractivity contribution in [3.63, 3.8) is 0 Å². The van der Waals surface area contributed by atoms with Gasteiger partial charge in [-0.1, -0.05) is 36.4 Å². The van der Waals surface area contributed by atoms with Crippen LogP contribution in [-0.4, -0.2) is 12.3 Å². The van der Waals surface area contributed by atoms with Crippen LogP contribution in [0, 0.1) is 11.6 Å². The van der Waals surface area contributed by atoms with Gasteiger partial charge in [-0.25, -0.2) is 13.6 Å². The summed E-state index contributed by atoms with van der Waals surface area (Å²) in [5.74, 6) is -2.11. The lowest BCUT2D eigenvalue weighted by Crippen LogP contribution is -2.00. The second-order valence-corrected chi connectivity index (χ2v) is 6.01. The van der Waals surface area contributed by atoms with Crippen LogP contribution in [0.3, 0.4) is 0 Å². The molecule has 29 heavy (non-hydrogen) atoms. The number of ether oxygens (including phenoxy) is 2. The SMILES string of the molecule is O=Cc1cc(Oc2ccc(F)cc2F)ccc1C=CC(=O)OCc1ccccc1. The molecule has 0 fully saturated rings. The molecule has 0 amide bonds. The van der Waals surface area contributed by atoms with Crippen LogP contribution in [0.5, 0.6) is 11.5 Å². The van der Waals surface area contributed by atoms with E-state index in [4.69, 9.17) is 9.47 Å². The Morgan fingerprint density at radius 1 is 0.931 bits per heavy atom. The predicted molar refractivity (Wildman–Crippen MR) is 104 cm³/mol. The van der Waals surface area contributed by atoms with Crippen molar-refractivity contribution >= 4 is 18.3 Å². The van der Waals surface area contributed by atoms with Gasteiger partial charge in [-0.15, -0.1) is 0 Å². The lowest BCUT2D eigenvalue weighted by Gasteiger charge is -2.08. The molecule has 0 radical (unpaired) electrons. The van der Waals surface area contributed by atoms with Gasteiger partial charge in [-0.2, -0.15) is 0 Å². The molecule has 0 aromatic heterocycles. The van der Waals surface area contributed by atoms with Crippen molar-refractivity contribution < 1.29 is 27.8 Å². The number of hydrogen-bond donors (Lipinski definition) is 0. The van der Waals surface area contributed by atoms with Gasteiger partial charge in [0.15, 0.2) is 17.9 Å². The molecule has 0 aliphatic rings. The molecule has 0 saturated heterocycles. The highest BCUT2D eigenvalue weighted by atomic mass is 19.1. The highest BCUT2D eigenvalue weighted by molar-refractivity contribution is 5.90. The Bertz CT molecular complexity index is 1050. The summed E-state index contributed by atoms with van der Waals surface area (Å²) < 4.78 is 37.2. The van der Waals surface area contributed by atoms with Crippen LogP contribution in [0.1, 0.15) is 21.5 Å². The highest BCUT2D eigenvalue weighted by Gasteiger charge is 2.08. The van der Waals surface area contributed by atoms with Crippen LogP contribution in [-0.2, 0) is 16.1 Å². The monoisotopic (exact) mass is 394 g/mol. The number of hydrogen-bond acceptors (Lipinski definition) is 4. The predicted octanol–water partition coefficient (Wildman–Crippen LogP) is 5.33. The Morgan fingerprint density at radius 2 is 1.72 bits per heavy atom. The molecule has 3 aromatic rings. The van der Waals surface area contributed by atoms with Gasteiger partial charge in [0.05, 0.1) is 0 Å². The molecule has 0 unspecified atom stereocenters. The number of esters is 1. The van der Waals surface area contributed by atoms with E-state index in [1.807, 2.05) is 30.3 Å². The molecule has 4 nitrogen and oxygen atoms in total. The summed E-state index contributed by atoms with van der Waals surface area (Å²) in [5, 5.41) is 0. The molecule has 0 atom stereocenters. The third-order valence-corrected chi connectivity index (χ3v) is 3.93. The quantitative estimate of drug-likeness (QED) is 0.309. The molecule has 0 aliphatic carbocycles. The number of carbonyl (C=O) groups is 2. The molecule has 146 valence electrons. The first-order chi connectivity index (χ1) is 14.0. The van der Waals surface area contributed by atoms with E-state index in [0.29, 0.717) is 17.9 Å². The molecule has 3 rings (SSSR count). The Labute approximate surface area is 166 Å². The van der Waals surface area contributed by atoms with Crippen molar-refractivity contribution in [2.24, 2.45) is 0 Å². The number of carbonyl (C=O) groups excluding carboxylic acids is 2. The molecule has 0 N–H and O–H groups in total. The summed E-state index contributed by atoms with van der Waals surface area (Å²) in [6.07, 6.45) is 3.24. The van der Waals surface area contributed by atoms with E-state index in [-0.39, 0.29) is 23.7 Å². The van der Waals surface area contributed by atoms with Gasteiger partial charge in [0.25, 0.3) is 0 Å². The first-order valence-electron chi connectivity index (χ1n) is 8.66. The summed E-state index contributed by atoms with van der Waals surface area (Å²) in [6.45, 7) is 0.139. The summed E-state index contributed by atoms with van der Waals surface area (Å²) in [5.41, 5.74) is 1.55. The minimum absolute atomic E-state index is 0.139. The van der Waals surface area contributed by atoms with Crippen LogP contribution >= 0.6 is 0 Å². The summed E-state index contributed by atoms with van der Waals surface area (Å²) >= 11 is 0. The van der Waals surface area contributed by atoms with Crippen LogP contribution in [0.4, 0.5) is 8.78 Å². The average Bonchev–Trinajstić information content (AvgIpc) is 2.74. The Balaban J connectivity index is 1.67. The van der Waals surface area contributed by atoms with Gasteiger partial charge < -0.3 is 9.47 Å². The number of benzene rings is 3. The fourth-order valence-corrected chi connectivity index (χ4v) is 2.49. The Kier molecular flexibility index (Phi) is 6.47. The summed E-state index contributed by atoms with van der Waals surface area (Å²) in [6, 6.07) is 16.6. The average molecular weight is 394 g/mol. The van der Waals surface area contributed by atoms with Gasteiger partial charge in [0.2, 0.25) is 0 Å². The van der Waals surface area contributed by atoms with E-state index in [2.05, 4.69) is 0 Å². The van der Waals surface area contributed by atoms with Gasteiger partial charge >= 0.3 is 5.97 Å². The molecule has 0 heterocycles. The van der Waals surface area contributed by atoms with E-state index >= 15 is 0 Å². The zero-order valence-corrected chi connectivity index (χ0v) is 15.2. The maximum Gasteiger partial charge on any atom is 0.331 e. The molecular weight excluding hydrogens is 378 g/mol. The van der Waals surface area contributed by atoms with Crippen LogP contribution in [0.2, 0.25) is 0 Å². The number of rotatable bonds is 7. The standard InChI is InChI=1S/C23H16F2O4/c24-19-8-10-22(21(25)13-19)29-20-9-6-17(18(12-20)14-26)7-11-23(27)28-15-16-4-2-1-3-5-16/h1-14H,15H2. The highest BCUT2D eigenvalue weighted by Crippen LogP contribution is 2.26. The van der Waals surface area contributed by atoms with Crippen molar-refractivity contribution in [2.75, 3.05) is 0 Å². The second kappa shape index (κ2) is 9.41. The van der Waals surface area contributed by atoms with E-state index in [9.17, 15) is 18.4 Å². The molecule has 3 aromatic carbocycles. The molecule has 0 bridgehead atoms. The van der Waals surface area contributed by atoms with Gasteiger partial charge in [-0.05, 0) is 41.5 Å². The van der Waals surface area contributed by atoms with Crippen LogP contribution < -0.4 is 4.74 Å². The normalized spacial score (nSPS) is 10.7. The van der Waals surface area contributed by atoms with E-state index < -0.39 is 17.6 Å². The molecule has 0 aliphatic heterocycles. The maximum absolute atomic E-state index is 13.7. The summed E-state index contributed by atoms with van der Waals surface area (Å²) in [4.78, 5) is 23.2. The zero-order valence-electron chi connectivity index (χ0n) is 15.2. The lowest BCUT2D eigenvalue weighted by molar-refractivity contribution is -0.138. The Morgan fingerprint density at radius 3 is 2.45 bits per heavy atom. The largest absolute Gasteiger partial charge is 0.458 e. The lowest BCUT2D eigenvalue weighted by atomic mass is 10.1. The van der Waals surface area contributed by atoms with Crippen molar-refractivity contribution in [1.29, 1.82) is 0 Å². The van der Waals surface area contributed by atoms with Crippen LogP contribution in [0.15, 0.2) is 72.8 Å². The third-order valence-electron chi connectivity index (χ3n) is 3.93. The van der Waals surface area contributed by atoms with Crippen molar-refractivity contribution in [3.05, 3.63) is 101 Å². The van der Waals surface area contributed by atoms with Gasteiger partial charge in [-0.3, -0.25) is 4.79 Å². The third kappa shape index (κ3) is 5.59. The number of halogens is 2. The number of aldehydes is 1. The minimum atomic E-state index is -0.859. The second-order valence-electron chi connectivity index (χ2n) is 6.01. The Hall–Kier alpha value is -3.80. The van der Waals surface area contributed by atoms with E-state index in [0.717, 1.165) is 17.7 Å². The first-order valence-corrected chi connectivity index (χ1v) is 8.66. The first kappa shape index (κ1) is 19.9. The van der Waals surface area contributed by atoms with E-state index in [1.54, 1.807) is 6.07 Å². The fourth-order valence-electron chi connectivity index (χ4n) is 2.49. The van der Waals surface area contributed by atoms with Crippen molar-refractivity contribution in [2.45, 2.75) is 6.61 Å². The van der Waals surface area contributed by atoms with Crippen LogP contribution in [0.25, 0.3) is 6.08 Å². The summed E-state index contributed by atoms with van der Waals surface area (Å²) in [7, 11) is 0. The van der Waals surface area contributed by atoms with E-state index in [1.165, 1.54) is 24.3 Å². The molecule has 0 saturated carbocycles. The molecule has 6 heteroatoms. The fraction of sp³-hybridized carbons (Fsp3) is 0.0435. The van der Waals surface area contributed by atoms with Crippen molar-refractivity contribution in [3.8, 4) is 11.5 Å². The zero-order chi connectivity index (χ0) is 20.6. The molecular formula is C23H16F2O4. The smallest absolute Gasteiger partial charge is 0.331 e. The van der Waals surface area contributed by atoms with Gasteiger partial charge in [0, 0.05) is 17.7 Å². The minimum Gasteiger partial charge on any atom is -0.458 e.